The van der Waals surface area contributed by atoms with Gasteiger partial charge in [0.2, 0.25) is 5.91 Å². The summed E-state index contributed by atoms with van der Waals surface area (Å²) in [5, 5.41) is 11.4. The third kappa shape index (κ3) is 5.47. The zero-order chi connectivity index (χ0) is 16.7. The molecular formula is C18H19NO4. The number of amides is 1. The highest BCUT2D eigenvalue weighted by atomic mass is 16.5. The Balaban J connectivity index is 1.86. The fourth-order valence-corrected chi connectivity index (χ4v) is 2.17. The number of carboxylic acids is 1. The SMILES string of the molecule is CC(CC(=O)Nc1ccc(OCC(=O)O)cc1)c1ccccc1. The quantitative estimate of drug-likeness (QED) is 0.822. The van der Waals surface area contributed by atoms with Gasteiger partial charge in [0.15, 0.2) is 6.61 Å². The number of anilines is 1. The molecule has 2 N–H and O–H groups in total. The van der Waals surface area contributed by atoms with Gasteiger partial charge in [-0.15, -0.1) is 0 Å². The van der Waals surface area contributed by atoms with Crippen molar-refractivity contribution in [2.75, 3.05) is 11.9 Å². The normalized spacial score (nSPS) is 11.5. The summed E-state index contributed by atoms with van der Waals surface area (Å²) in [7, 11) is 0. The van der Waals surface area contributed by atoms with Gasteiger partial charge >= 0.3 is 5.97 Å². The number of benzene rings is 2. The van der Waals surface area contributed by atoms with Crippen LogP contribution in [-0.2, 0) is 9.59 Å². The summed E-state index contributed by atoms with van der Waals surface area (Å²) in [5.41, 5.74) is 1.78. The topological polar surface area (TPSA) is 75.6 Å². The molecule has 0 saturated heterocycles. The fourth-order valence-electron chi connectivity index (χ4n) is 2.17. The van der Waals surface area contributed by atoms with E-state index in [9.17, 15) is 9.59 Å². The number of hydrogen-bond acceptors (Lipinski definition) is 3. The summed E-state index contributed by atoms with van der Waals surface area (Å²) >= 11 is 0. The Kier molecular flexibility index (Phi) is 5.74. The van der Waals surface area contributed by atoms with Crippen LogP contribution in [-0.4, -0.2) is 23.6 Å². The Labute approximate surface area is 134 Å². The molecule has 0 aromatic heterocycles. The van der Waals surface area contributed by atoms with Crippen LogP contribution >= 0.6 is 0 Å². The Morgan fingerprint density at radius 1 is 1.09 bits per heavy atom. The number of aliphatic carboxylic acids is 1. The summed E-state index contributed by atoms with van der Waals surface area (Å²) in [6.45, 7) is 1.62. The summed E-state index contributed by atoms with van der Waals surface area (Å²) in [5.74, 6) is -0.518. The molecule has 0 spiro atoms. The van der Waals surface area contributed by atoms with Crippen LogP contribution in [0, 0.1) is 0 Å². The Morgan fingerprint density at radius 2 is 1.74 bits per heavy atom. The highest BCUT2D eigenvalue weighted by Gasteiger charge is 2.11. The van der Waals surface area contributed by atoms with Crippen LogP contribution in [0.25, 0.3) is 0 Å². The number of carbonyl (C=O) groups excluding carboxylic acids is 1. The molecule has 0 radical (unpaired) electrons. The van der Waals surface area contributed by atoms with E-state index < -0.39 is 5.97 Å². The maximum Gasteiger partial charge on any atom is 0.341 e. The lowest BCUT2D eigenvalue weighted by Gasteiger charge is -2.12. The molecule has 0 aliphatic rings. The third-order valence-corrected chi connectivity index (χ3v) is 3.36. The molecule has 120 valence electrons. The van der Waals surface area contributed by atoms with Gasteiger partial charge in [0.05, 0.1) is 0 Å². The second-order valence-corrected chi connectivity index (χ2v) is 5.27. The molecule has 2 aromatic carbocycles. The lowest BCUT2D eigenvalue weighted by atomic mass is 9.97. The molecule has 5 heteroatoms. The van der Waals surface area contributed by atoms with Crippen molar-refractivity contribution < 1.29 is 19.4 Å². The lowest BCUT2D eigenvalue weighted by Crippen LogP contribution is -2.14. The summed E-state index contributed by atoms with van der Waals surface area (Å²) in [4.78, 5) is 22.5. The minimum Gasteiger partial charge on any atom is -0.482 e. The lowest BCUT2D eigenvalue weighted by molar-refractivity contribution is -0.139. The summed E-state index contributed by atoms with van der Waals surface area (Å²) < 4.78 is 5.04. The van der Waals surface area contributed by atoms with Crippen LogP contribution in [0.3, 0.4) is 0 Å². The molecule has 1 amide bonds. The Bertz CT molecular complexity index is 652. The van der Waals surface area contributed by atoms with Gasteiger partial charge in [-0.1, -0.05) is 37.3 Å². The van der Waals surface area contributed by atoms with Crippen molar-refractivity contribution in [3.8, 4) is 5.75 Å². The molecule has 0 aliphatic carbocycles. The van der Waals surface area contributed by atoms with Crippen LogP contribution in [0.5, 0.6) is 5.75 Å². The predicted molar refractivity (Wildman–Crippen MR) is 87.7 cm³/mol. The standard InChI is InChI=1S/C18H19NO4/c1-13(14-5-3-2-4-6-14)11-17(20)19-15-7-9-16(10-8-15)23-12-18(21)22/h2-10,13H,11-12H2,1H3,(H,19,20)(H,21,22). The van der Waals surface area contributed by atoms with E-state index in [1.807, 2.05) is 37.3 Å². The molecule has 0 aliphatic heterocycles. The van der Waals surface area contributed by atoms with Crippen molar-refractivity contribution in [1.29, 1.82) is 0 Å². The monoisotopic (exact) mass is 313 g/mol. The van der Waals surface area contributed by atoms with Gasteiger partial charge in [0, 0.05) is 12.1 Å². The third-order valence-electron chi connectivity index (χ3n) is 3.36. The van der Waals surface area contributed by atoms with Crippen molar-refractivity contribution in [2.45, 2.75) is 19.3 Å². The highest BCUT2D eigenvalue weighted by molar-refractivity contribution is 5.91. The number of carbonyl (C=O) groups is 2. The number of ether oxygens (including phenoxy) is 1. The largest absolute Gasteiger partial charge is 0.482 e. The second kappa shape index (κ2) is 7.98. The van der Waals surface area contributed by atoms with E-state index >= 15 is 0 Å². The van der Waals surface area contributed by atoms with Gasteiger partial charge in [-0.25, -0.2) is 4.79 Å². The zero-order valence-electron chi connectivity index (χ0n) is 12.9. The van der Waals surface area contributed by atoms with Crippen LogP contribution < -0.4 is 10.1 Å². The molecule has 5 nitrogen and oxygen atoms in total. The molecule has 2 aromatic rings. The van der Waals surface area contributed by atoms with E-state index in [2.05, 4.69) is 5.32 Å². The van der Waals surface area contributed by atoms with Crippen molar-refractivity contribution in [3.63, 3.8) is 0 Å². The number of hydrogen-bond donors (Lipinski definition) is 2. The molecule has 0 bridgehead atoms. The van der Waals surface area contributed by atoms with Gasteiger partial charge < -0.3 is 15.2 Å². The number of nitrogens with one attached hydrogen (secondary N) is 1. The molecule has 0 fully saturated rings. The first-order valence-electron chi connectivity index (χ1n) is 7.34. The molecule has 1 unspecified atom stereocenters. The van der Waals surface area contributed by atoms with Crippen molar-refractivity contribution in [3.05, 3.63) is 60.2 Å². The van der Waals surface area contributed by atoms with Gasteiger partial charge in [0.1, 0.15) is 5.75 Å². The van der Waals surface area contributed by atoms with E-state index in [1.54, 1.807) is 24.3 Å². The van der Waals surface area contributed by atoms with Crippen LogP contribution in [0.4, 0.5) is 5.69 Å². The average Bonchev–Trinajstić information content (AvgIpc) is 2.55. The molecule has 0 saturated carbocycles. The second-order valence-electron chi connectivity index (χ2n) is 5.27. The van der Waals surface area contributed by atoms with E-state index in [0.29, 0.717) is 17.9 Å². The van der Waals surface area contributed by atoms with Crippen molar-refractivity contribution >= 4 is 17.6 Å². The smallest absolute Gasteiger partial charge is 0.341 e. The van der Waals surface area contributed by atoms with Gasteiger partial charge in [0.25, 0.3) is 0 Å². The van der Waals surface area contributed by atoms with Gasteiger partial charge in [-0.05, 0) is 35.7 Å². The molecule has 1 atom stereocenters. The molecular weight excluding hydrogens is 294 g/mol. The molecule has 2 rings (SSSR count). The Hall–Kier alpha value is -2.82. The molecule has 0 heterocycles. The van der Waals surface area contributed by atoms with Gasteiger partial charge in [-0.2, -0.15) is 0 Å². The van der Waals surface area contributed by atoms with E-state index in [4.69, 9.17) is 9.84 Å². The molecule has 23 heavy (non-hydrogen) atoms. The minimum absolute atomic E-state index is 0.0689. The average molecular weight is 313 g/mol. The van der Waals surface area contributed by atoms with E-state index in [0.717, 1.165) is 5.56 Å². The number of carboxylic acid groups (broad SMARTS) is 1. The first-order chi connectivity index (χ1) is 11.0. The fraction of sp³-hybridized carbons (Fsp3) is 0.222. The highest BCUT2D eigenvalue weighted by Crippen LogP contribution is 2.20. The van der Waals surface area contributed by atoms with Crippen LogP contribution in [0.2, 0.25) is 0 Å². The first-order valence-corrected chi connectivity index (χ1v) is 7.34. The van der Waals surface area contributed by atoms with Crippen LogP contribution in [0.15, 0.2) is 54.6 Å². The van der Waals surface area contributed by atoms with E-state index in [-0.39, 0.29) is 18.4 Å². The maximum atomic E-state index is 12.1. The van der Waals surface area contributed by atoms with Crippen molar-refractivity contribution in [2.24, 2.45) is 0 Å². The van der Waals surface area contributed by atoms with Crippen LogP contribution in [0.1, 0.15) is 24.8 Å². The first kappa shape index (κ1) is 16.5. The zero-order valence-corrected chi connectivity index (χ0v) is 12.9. The predicted octanol–water partition coefficient (Wildman–Crippen LogP) is 3.28. The van der Waals surface area contributed by atoms with Crippen molar-refractivity contribution in [1.82, 2.24) is 0 Å². The Morgan fingerprint density at radius 3 is 2.35 bits per heavy atom. The summed E-state index contributed by atoms with van der Waals surface area (Å²) in [6.07, 6.45) is 0.390. The number of rotatable bonds is 7. The summed E-state index contributed by atoms with van der Waals surface area (Å²) in [6, 6.07) is 16.5. The maximum absolute atomic E-state index is 12.1. The van der Waals surface area contributed by atoms with E-state index in [1.165, 1.54) is 0 Å². The van der Waals surface area contributed by atoms with Gasteiger partial charge in [-0.3, -0.25) is 4.79 Å². The minimum atomic E-state index is -1.03.